The highest BCUT2D eigenvalue weighted by Gasteiger charge is 2.20. The molecule has 0 aliphatic heterocycles. The van der Waals surface area contributed by atoms with Crippen LogP contribution in [0.4, 0.5) is 0 Å². The standard InChI is InChI=1S/C9H13BrN2O2S/c1-6-8(4-10)5-11-9(12-6)7(2)15(3,13)14/h5,7H,4H2,1-3H3. The number of halogens is 1. The number of aromatic nitrogens is 2. The van der Waals surface area contributed by atoms with Crippen LogP contribution in [0.3, 0.4) is 0 Å². The van der Waals surface area contributed by atoms with E-state index in [1.165, 1.54) is 6.26 Å². The maximum Gasteiger partial charge on any atom is 0.157 e. The molecule has 0 N–H and O–H groups in total. The van der Waals surface area contributed by atoms with Gasteiger partial charge < -0.3 is 0 Å². The van der Waals surface area contributed by atoms with Gasteiger partial charge in [-0.15, -0.1) is 0 Å². The first-order chi connectivity index (χ1) is 6.86. The molecule has 1 heterocycles. The van der Waals surface area contributed by atoms with E-state index in [9.17, 15) is 8.42 Å². The molecule has 1 rings (SSSR count). The van der Waals surface area contributed by atoms with E-state index in [4.69, 9.17) is 0 Å². The maximum absolute atomic E-state index is 11.3. The molecule has 6 heteroatoms. The number of alkyl halides is 1. The number of nitrogens with zero attached hydrogens (tertiary/aromatic N) is 2. The van der Waals surface area contributed by atoms with Crippen LogP contribution in [0, 0.1) is 6.92 Å². The third kappa shape index (κ3) is 2.98. The van der Waals surface area contributed by atoms with Gasteiger partial charge in [0.1, 0.15) is 11.1 Å². The Morgan fingerprint density at radius 1 is 1.53 bits per heavy atom. The minimum Gasteiger partial charge on any atom is -0.240 e. The van der Waals surface area contributed by atoms with Crippen LogP contribution in [0.1, 0.15) is 29.3 Å². The first-order valence-corrected chi connectivity index (χ1v) is 7.51. The number of hydrogen-bond donors (Lipinski definition) is 0. The van der Waals surface area contributed by atoms with Gasteiger partial charge in [0.2, 0.25) is 0 Å². The van der Waals surface area contributed by atoms with Gasteiger partial charge in [-0.25, -0.2) is 18.4 Å². The molecule has 0 fully saturated rings. The number of sulfone groups is 1. The summed E-state index contributed by atoms with van der Waals surface area (Å²) in [5, 5.41) is 0.0207. The number of hydrogen-bond acceptors (Lipinski definition) is 4. The quantitative estimate of drug-likeness (QED) is 0.797. The van der Waals surface area contributed by atoms with E-state index in [1.54, 1.807) is 13.1 Å². The van der Waals surface area contributed by atoms with E-state index in [0.29, 0.717) is 11.2 Å². The summed E-state index contributed by atoms with van der Waals surface area (Å²) in [5.41, 5.74) is 1.78. The van der Waals surface area contributed by atoms with Crippen molar-refractivity contribution in [2.45, 2.75) is 24.4 Å². The van der Waals surface area contributed by atoms with Crippen molar-refractivity contribution in [1.82, 2.24) is 9.97 Å². The van der Waals surface area contributed by atoms with Gasteiger partial charge in [0.15, 0.2) is 9.84 Å². The van der Waals surface area contributed by atoms with Crippen molar-refractivity contribution in [2.24, 2.45) is 0 Å². The smallest absolute Gasteiger partial charge is 0.157 e. The van der Waals surface area contributed by atoms with Crippen LogP contribution < -0.4 is 0 Å². The van der Waals surface area contributed by atoms with Crippen LogP contribution in [-0.2, 0) is 15.2 Å². The van der Waals surface area contributed by atoms with E-state index >= 15 is 0 Å². The third-order valence-corrected chi connectivity index (χ3v) is 4.35. The fourth-order valence-electron chi connectivity index (χ4n) is 1.03. The predicted octanol–water partition coefficient (Wildman–Crippen LogP) is 1.79. The van der Waals surface area contributed by atoms with Crippen molar-refractivity contribution in [1.29, 1.82) is 0 Å². The fourth-order valence-corrected chi connectivity index (χ4v) is 2.08. The second-order valence-corrected chi connectivity index (χ2v) is 6.37. The molecular formula is C9H13BrN2O2S. The van der Waals surface area contributed by atoms with Crippen LogP contribution >= 0.6 is 15.9 Å². The molecule has 0 aliphatic carbocycles. The van der Waals surface area contributed by atoms with Crippen LogP contribution in [0.25, 0.3) is 0 Å². The van der Waals surface area contributed by atoms with Gasteiger partial charge in [0.05, 0.1) is 0 Å². The van der Waals surface area contributed by atoms with Gasteiger partial charge >= 0.3 is 0 Å². The van der Waals surface area contributed by atoms with Gasteiger partial charge in [-0.3, -0.25) is 0 Å². The highest BCUT2D eigenvalue weighted by molar-refractivity contribution is 9.08. The van der Waals surface area contributed by atoms with Crippen molar-refractivity contribution in [3.05, 3.63) is 23.3 Å². The Bertz CT molecular complexity index is 459. The van der Waals surface area contributed by atoms with Gasteiger partial charge in [0.25, 0.3) is 0 Å². The molecule has 1 aromatic rings. The molecule has 0 aromatic carbocycles. The highest BCUT2D eigenvalue weighted by Crippen LogP contribution is 2.18. The van der Waals surface area contributed by atoms with Crippen molar-refractivity contribution in [3.63, 3.8) is 0 Å². The zero-order valence-electron chi connectivity index (χ0n) is 8.86. The second-order valence-electron chi connectivity index (χ2n) is 3.44. The zero-order chi connectivity index (χ0) is 11.6. The monoisotopic (exact) mass is 292 g/mol. The molecule has 15 heavy (non-hydrogen) atoms. The Kier molecular flexibility index (Phi) is 3.83. The van der Waals surface area contributed by atoms with Gasteiger partial charge in [0, 0.05) is 29.0 Å². The number of aryl methyl sites for hydroxylation is 1. The molecule has 0 radical (unpaired) electrons. The Morgan fingerprint density at radius 2 is 2.13 bits per heavy atom. The molecule has 4 nitrogen and oxygen atoms in total. The Labute approximate surface area is 98.2 Å². The molecule has 84 valence electrons. The van der Waals surface area contributed by atoms with E-state index in [0.717, 1.165) is 11.3 Å². The minimum atomic E-state index is -3.13. The van der Waals surface area contributed by atoms with Crippen molar-refractivity contribution in [3.8, 4) is 0 Å². The van der Waals surface area contributed by atoms with E-state index in [2.05, 4.69) is 25.9 Å². The molecule has 0 saturated heterocycles. The summed E-state index contributed by atoms with van der Waals surface area (Å²) in [5.74, 6) is 0.361. The van der Waals surface area contributed by atoms with Crippen molar-refractivity contribution >= 4 is 25.8 Å². The molecule has 0 spiro atoms. The zero-order valence-corrected chi connectivity index (χ0v) is 11.3. The average Bonchev–Trinajstić information content (AvgIpc) is 2.15. The normalized spacial score (nSPS) is 13.9. The summed E-state index contributed by atoms with van der Waals surface area (Å²) in [6, 6.07) is 0. The van der Waals surface area contributed by atoms with Crippen molar-refractivity contribution < 1.29 is 8.42 Å². The van der Waals surface area contributed by atoms with Crippen molar-refractivity contribution in [2.75, 3.05) is 6.26 Å². The molecule has 0 bridgehead atoms. The molecule has 0 saturated carbocycles. The van der Waals surface area contributed by atoms with E-state index in [-0.39, 0.29) is 0 Å². The topological polar surface area (TPSA) is 59.9 Å². The number of rotatable bonds is 3. The Balaban J connectivity index is 3.13. The maximum atomic E-state index is 11.3. The first kappa shape index (κ1) is 12.6. The SMILES string of the molecule is Cc1nc(C(C)S(C)(=O)=O)ncc1CBr. The van der Waals surface area contributed by atoms with Crippen LogP contribution in [0.15, 0.2) is 6.20 Å². The Morgan fingerprint density at radius 3 is 2.53 bits per heavy atom. The third-order valence-electron chi connectivity index (χ3n) is 2.25. The minimum absolute atomic E-state index is 0.361. The lowest BCUT2D eigenvalue weighted by Crippen LogP contribution is -2.12. The van der Waals surface area contributed by atoms with E-state index < -0.39 is 15.1 Å². The van der Waals surface area contributed by atoms with Crippen LogP contribution in [0.2, 0.25) is 0 Å². The molecule has 0 aliphatic rings. The van der Waals surface area contributed by atoms with E-state index in [1.807, 2.05) is 6.92 Å². The lowest BCUT2D eigenvalue weighted by molar-refractivity contribution is 0.589. The van der Waals surface area contributed by atoms with Gasteiger partial charge in [-0.2, -0.15) is 0 Å². The second kappa shape index (κ2) is 4.57. The van der Waals surface area contributed by atoms with Gasteiger partial charge in [-0.1, -0.05) is 15.9 Å². The predicted molar refractivity (Wildman–Crippen MR) is 62.7 cm³/mol. The summed E-state index contributed by atoms with van der Waals surface area (Å²) in [7, 11) is -3.13. The summed E-state index contributed by atoms with van der Waals surface area (Å²) < 4.78 is 22.6. The summed E-state index contributed by atoms with van der Waals surface area (Å²) in [4.78, 5) is 8.25. The molecule has 0 amide bonds. The van der Waals surface area contributed by atoms with Crippen LogP contribution in [-0.4, -0.2) is 24.6 Å². The Hall–Kier alpha value is -0.490. The molecule has 1 unspecified atom stereocenters. The first-order valence-electron chi connectivity index (χ1n) is 4.43. The fraction of sp³-hybridized carbons (Fsp3) is 0.556. The van der Waals surface area contributed by atoms with Crippen LogP contribution in [0.5, 0.6) is 0 Å². The molecule has 1 atom stereocenters. The highest BCUT2D eigenvalue weighted by atomic mass is 79.9. The summed E-state index contributed by atoms with van der Waals surface area (Å²) >= 11 is 3.31. The lowest BCUT2D eigenvalue weighted by atomic mass is 10.3. The molecular weight excluding hydrogens is 280 g/mol. The summed E-state index contributed by atoms with van der Waals surface area (Å²) in [6.07, 6.45) is 2.85. The molecule has 1 aromatic heterocycles. The summed E-state index contributed by atoms with van der Waals surface area (Å²) in [6.45, 7) is 3.44. The largest absolute Gasteiger partial charge is 0.240 e. The van der Waals surface area contributed by atoms with Gasteiger partial charge in [-0.05, 0) is 13.8 Å². The lowest BCUT2D eigenvalue weighted by Gasteiger charge is -2.09. The average molecular weight is 293 g/mol.